The van der Waals surface area contributed by atoms with Crippen LogP contribution in [0.5, 0.6) is 5.75 Å². The first-order valence-electron chi connectivity index (χ1n) is 6.20. The molecule has 0 radical (unpaired) electrons. The number of phenolic OH excluding ortho intramolecular Hbond substituents is 1. The molecule has 0 amide bonds. The Kier molecular flexibility index (Phi) is 2.71. The maximum atomic E-state index is 12.4. The van der Waals surface area contributed by atoms with E-state index >= 15 is 0 Å². The lowest BCUT2D eigenvalue weighted by Gasteiger charge is -2.09. The number of hydrogen-bond donors (Lipinski definition) is 2. The van der Waals surface area contributed by atoms with Crippen LogP contribution in [0.1, 0.15) is 5.56 Å². The fourth-order valence-electron chi connectivity index (χ4n) is 2.23. The van der Waals surface area contributed by atoms with E-state index in [-0.39, 0.29) is 22.4 Å². The van der Waals surface area contributed by atoms with Crippen molar-refractivity contribution >= 4 is 16.7 Å². The monoisotopic (exact) mass is 267 g/mol. The molecule has 0 spiro atoms. The van der Waals surface area contributed by atoms with E-state index in [1.807, 2.05) is 30.3 Å². The predicted octanol–water partition coefficient (Wildman–Crippen LogP) is 3.06. The number of hydrogen-bond acceptors (Lipinski definition) is 4. The van der Waals surface area contributed by atoms with Crippen LogP contribution < -0.4 is 11.2 Å². The Morgan fingerprint density at radius 2 is 1.80 bits per heavy atom. The first-order valence-corrected chi connectivity index (χ1v) is 6.20. The topological polar surface area (TPSA) is 76.5 Å². The largest absolute Gasteiger partial charge is 0.506 e. The molecule has 3 N–H and O–H groups in total. The third-order valence-electron chi connectivity index (χ3n) is 3.34. The maximum Gasteiger partial charge on any atom is 0.196 e. The van der Waals surface area contributed by atoms with Gasteiger partial charge in [0.25, 0.3) is 0 Å². The summed E-state index contributed by atoms with van der Waals surface area (Å²) in [5.74, 6) is 0.379. The van der Waals surface area contributed by atoms with Crippen molar-refractivity contribution in [2.75, 3.05) is 5.73 Å². The van der Waals surface area contributed by atoms with Gasteiger partial charge in [-0.15, -0.1) is 0 Å². The van der Waals surface area contributed by atoms with Gasteiger partial charge in [0.15, 0.2) is 11.0 Å². The number of rotatable bonds is 1. The van der Waals surface area contributed by atoms with Crippen molar-refractivity contribution in [3.05, 3.63) is 58.3 Å². The molecule has 0 fully saturated rings. The fourth-order valence-corrected chi connectivity index (χ4v) is 2.23. The van der Waals surface area contributed by atoms with Crippen molar-refractivity contribution in [3.8, 4) is 17.1 Å². The zero-order valence-electron chi connectivity index (χ0n) is 10.9. The van der Waals surface area contributed by atoms with Crippen molar-refractivity contribution < 1.29 is 9.52 Å². The van der Waals surface area contributed by atoms with E-state index in [4.69, 9.17) is 10.2 Å². The average Bonchev–Trinajstić information content (AvgIpc) is 2.47. The molecule has 1 heterocycles. The summed E-state index contributed by atoms with van der Waals surface area (Å²) < 4.78 is 5.79. The number of phenols is 1. The quantitative estimate of drug-likeness (QED) is 0.524. The van der Waals surface area contributed by atoms with E-state index in [1.165, 1.54) is 12.1 Å². The summed E-state index contributed by atoms with van der Waals surface area (Å²) in [6, 6.07) is 12.3. The highest BCUT2D eigenvalue weighted by Gasteiger charge is 2.15. The van der Waals surface area contributed by atoms with Gasteiger partial charge in [-0.05, 0) is 19.1 Å². The van der Waals surface area contributed by atoms with Crippen LogP contribution >= 0.6 is 0 Å². The Morgan fingerprint density at radius 3 is 2.50 bits per heavy atom. The van der Waals surface area contributed by atoms with Crippen molar-refractivity contribution in [1.82, 2.24) is 0 Å². The van der Waals surface area contributed by atoms with Crippen LogP contribution in [0.15, 0.2) is 51.7 Å². The highest BCUT2D eigenvalue weighted by Crippen LogP contribution is 2.32. The van der Waals surface area contributed by atoms with Gasteiger partial charge in [0, 0.05) is 11.1 Å². The van der Waals surface area contributed by atoms with Crippen molar-refractivity contribution in [1.29, 1.82) is 0 Å². The number of anilines is 1. The van der Waals surface area contributed by atoms with Crippen LogP contribution in [-0.4, -0.2) is 5.11 Å². The van der Waals surface area contributed by atoms with Crippen molar-refractivity contribution in [2.24, 2.45) is 0 Å². The van der Waals surface area contributed by atoms with Gasteiger partial charge in [0.05, 0.1) is 5.39 Å². The molecule has 3 rings (SSSR count). The van der Waals surface area contributed by atoms with E-state index in [0.717, 1.165) is 5.56 Å². The van der Waals surface area contributed by atoms with Crippen molar-refractivity contribution in [3.63, 3.8) is 0 Å². The smallest absolute Gasteiger partial charge is 0.196 e. The van der Waals surface area contributed by atoms with Crippen molar-refractivity contribution in [2.45, 2.75) is 6.92 Å². The zero-order chi connectivity index (χ0) is 14.3. The second-order valence-corrected chi connectivity index (χ2v) is 4.63. The molecule has 1 aromatic heterocycles. The summed E-state index contributed by atoms with van der Waals surface area (Å²) in [5.41, 5.74) is 7.28. The average molecular weight is 267 g/mol. The molecule has 0 atom stereocenters. The van der Waals surface area contributed by atoms with Gasteiger partial charge in [-0.1, -0.05) is 30.3 Å². The zero-order valence-corrected chi connectivity index (χ0v) is 10.9. The summed E-state index contributed by atoms with van der Waals surface area (Å²) in [6.07, 6.45) is 0. The first kappa shape index (κ1) is 12.3. The number of nitrogens with two attached hydrogens (primary N) is 1. The Bertz CT molecular complexity index is 851. The van der Waals surface area contributed by atoms with Gasteiger partial charge in [-0.2, -0.15) is 0 Å². The lowest BCUT2D eigenvalue weighted by atomic mass is 10.1. The maximum absolute atomic E-state index is 12.4. The van der Waals surface area contributed by atoms with Gasteiger partial charge in [0.1, 0.15) is 17.2 Å². The molecule has 0 aliphatic heterocycles. The Labute approximate surface area is 115 Å². The lowest BCUT2D eigenvalue weighted by molar-refractivity contribution is 0.477. The lowest BCUT2D eigenvalue weighted by Crippen LogP contribution is -2.08. The molecule has 20 heavy (non-hydrogen) atoms. The highest BCUT2D eigenvalue weighted by atomic mass is 16.3. The minimum absolute atomic E-state index is 0.0804. The normalized spacial score (nSPS) is 10.8. The number of nitrogen functional groups attached to an aromatic ring is 1. The molecule has 0 saturated heterocycles. The van der Waals surface area contributed by atoms with Gasteiger partial charge in [0.2, 0.25) is 0 Å². The number of aromatic hydroxyl groups is 1. The molecule has 4 nitrogen and oxygen atoms in total. The summed E-state index contributed by atoms with van der Waals surface area (Å²) in [5, 5.41) is 10.0. The van der Waals surface area contributed by atoms with E-state index in [1.54, 1.807) is 6.92 Å². The van der Waals surface area contributed by atoms with E-state index in [0.29, 0.717) is 16.7 Å². The fraction of sp³-hybridized carbons (Fsp3) is 0.0625. The van der Waals surface area contributed by atoms with Gasteiger partial charge < -0.3 is 15.3 Å². The van der Waals surface area contributed by atoms with Crippen LogP contribution in [-0.2, 0) is 0 Å². The molecule has 3 aromatic rings. The molecule has 0 unspecified atom stereocenters. The molecule has 2 aromatic carbocycles. The molecule has 0 aliphatic carbocycles. The molecule has 4 heteroatoms. The van der Waals surface area contributed by atoms with Crippen LogP contribution in [0.2, 0.25) is 0 Å². The van der Waals surface area contributed by atoms with Crippen LogP contribution in [0.25, 0.3) is 22.3 Å². The highest BCUT2D eigenvalue weighted by molar-refractivity contribution is 5.92. The summed E-state index contributed by atoms with van der Waals surface area (Å²) in [6.45, 7) is 1.72. The third-order valence-corrected chi connectivity index (χ3v) is 3.34. The SMILES string of the molecule is Cc1c(-c2ccccc2)oc2c(N)c(O)ccc2c1=O. The summed E-state index contributed by atoms with van der Waals surface area (Å²) >= 11 is 0. The van der Waals surface area contributed by atoms with Gasteiger partial charge in [-0.25, -0.2) is 0 Å². The molecular formula is C16H13NO3. The molecule has 100 valence electrons. The standard InChI is InChI=1S/C16H13NO3/c1-9-14(19)11-7-8-12(18)13(17)16(11)20-15(9)10-5-3-2-4-6-10/h2-8,18H,17H2,1H3. The minimum atomic E-state index is -0.142. The third kappa shape index (κ3) is 1.73. The Balaban J connectivity index is 2.44. The van der Waals surface area contributed by atoms with E-state index in [2.05, 4.69) is 0 Å². The summed E-state index contributed by atoms with van der Waals surface area (Å²) in [7, 11) is 0. The molecule has 0 bridgehead atoms. The summed E-state index contributed by atoms with van der Waals surface area (Å²) in [4.78, 5) is 12.4. The second-order valence-electron chi connectivity index (χ2n) is 4.63. The van der Waals surface area contributed by atoms with E-state index < -0.39 is 0 Å². The number of fused-ring (bicyclic) bond motifs is 1. The van der Waals surface area contributed by atoms with Gasteiger partial charge >= 0.3 is 0 Å². The van der Waals surface area contributed by atoms with Crippen LogP contribution in [0.4, 0.5) is 5.69 Å². The molecular weight excluding hydrogens is 254 g/mol. The number of benzene rings is 2. The van der Waals surface area contributed by atoms with Crippen LogP contribution in [0.3, 0.4) is 0 Å². The second kappa shape index (κ2) is 4.42. The predicted molar refractivity (Wildman–Crippen MR) is 78.7 cm³/mol. The minimum Gasteiger partial charge on any atom is -0.506 e. The van der Waals surface area contributed by atoms with Crippen LogP contribution in [0, 0.1) is 6.92 Å². The first-order chi connectivity index (χ1) is 9.59. The Morgan fingerprint density at radius 1 is 1.10 bits per heavy atom. The molecule has 0 saturated carbocycles. The molecule has 0 aliphatic rings. The Hall–Kier alpha value is -2.75. The van der Waals surface area contributed by atoms with E-state index in [9.17, 15) is 9.90 Å². The van der Waals surface area contributed by atoms with Gasteiger partial charge in [-0.3, -0.25) is 4.79 Å².